The van der Waals surface area contributed by atoms with Gasteiger partial charge in [-0.15, -0.1) is 0 Å². The van der Waals surface area contributed by atoms with Crippen LogP contribution in [0.3, 0.4) is 0 Å². The van der Waals surface area contributed by atoms with Crippen LogP contribution in [0, 0.1) is 0 Å². The van der Waals surface area contributed by atoms with Crippen LogP contribution in [-0.2, 0) is 11.3 Å². The second kappa shape index (κ2) is 6.31. The summed E-state index contributed by atoms with van der Waals surface area (Å²) in [6.07, 6.45) is 2.60. The van der Waals surface area contributed by atoms with Crippen molar-refractivity contribution in [3.63, 3.8) is 0 Å². The zero-order valence-corrected chi connectivity index (χ0v) is 14.7. The van der Waals surface area contributed by atoms with Crippen molar-refractivity contribution in [1.82, 2.24) is 14.9 Å². The molecule has 2 N–H and O–H groups in total. The number of benzene rings is 1. The second-order valence-electron chi connectivity index (χ2n) is 6.42. The summed E-state index contributed by atoms with van der Waals surface area (Å²) in [4.78, 5) is 16.1. The van der Waals surface area contributed by atoms with Gasteiger partial charge in [0.05, 0.1) is 38.8 Å². The van der Waals surface area contributed by atoms with Crippen LogP contribution in [0.15, 0.2) is 18.2 Å². The average Bonchev–Trinajstić information content (AvgIpc) is 3.17. The van der Waals surface area contributed by atoms with Crippen molar-refractivity contribution >= 4 is 26.5 Å². The number of hydrogen-bond acceptors (Lipinski definition) is 4. The monoisotopic (exact) mass is 343 g/mol. The van der Waals surface area contributed by atoms with E-state index in [4.69, 9.17) is 9.72 Å². The van der Waals surface area contributed by atoms with E-state index in [9.17, 15) is 9.90 Å². The van der Waals surface area contributed by atoms with Crippen molar-refractivity contribution < 1.29 is 14.6 Å². The molecule has 3 heterocycles. The Hall–Kier alpha value is -1.70. The summed E-state index contributed by atoms with van der Waals surface area (Å²) in [6, 6.07) is 5.21. The first-order valence-corrected chi connectivity index (χ1v) is 9.67. The highest BCUT2D eigenvalue weighted by Crippen LogP contribution is 2.49. The minimum atomic E-state index is -0.896. The lowest BCUT2D eigenvalue weighted by Crippen LogP contribution is -2.27. The van der Waals surface area contributed by atoms with E-state index >= 15 is 0 Å². The minimum absolute atomic E-state index is 0.317. The molecule has 2 aromatic rings. The molecule has 2 radical (unpaired) electrons. The maximum absolute atomic E-state index is 11.3. The Bertz CT molecular complexity index is 772. The lowest BCUT2D eigenvalue weighted by molar-refractivity contribution is -0.0494. The molecule has 0 amide bonds. The van der Waals surface area contributed by atoms with Crippen molar-refractivity contribution in [1.29, 1.82) is 0 Å². The summed E-state index contributed by atoms with van der Waals surface area (Å²) < 4.78 is 7.92. The first-order chi connectivity index (χ1) is 11.7. The van der Waals surface area contributed by atoms with E-state index in [2.05, 4.69) is 16.8 Å². The van der Waals surface area contributed by atoms with E-state index < -0.39 is 5.97 Å². The minimum Gasteiger partial charge on any atom is -0.478 e. The Labute approximate surface area is 143 Å². The van der Waals surface area contributed by atoms with E-state index in [1.54, 1.807) is 12.1 Å². The highest BCUT2D eigenvalue weighted by Gasteiger charge is 2.49. The molecule has 4 rings (SSSR count). The Balaban J connectivity index is 1.70. The van der Waals surface area contributed by atoms with Crippen LogP contribution in [0.4, 0.5) is 0 Å². The third-order valence-corrected chi connectivity index (χ3v) is 6.37. The molecule has 1 aromatic heterocycles. The number of aromatic carboxylic acids is 1. The highest BCUT2D eigenvalue weighted by molar-refractivity contribution is 6.53. The fourth-order valence-electron chi connectivity index (χ4n) is 3.31. The smallest absolute Gasteiger partial charge is 0.335 e. The predicted molar refractivity (Wildman–Crippen MR) is 91.6 cm³/mol. The Kier molecular flexibility index (Phi) is 4.15. The summed E-state index contributed by atoms with van der Waals surface area (Å²) in [5.41, 5.74) is 3.09. The maximum Gasteiger partial charge on any atom is 0.335 e. The van der Waals surface area contributed by atoms with E-state index in [0.29, 0.717) is 29.4 Å². The van der Waals surface area contributed by atoms with Crippen molar-refractivity contribution in [2.45, 2.75) is 43.6 Å². The van der Waals surface area contributed by atoms with Gasteiger partial charge in [0.1, 0.15) is 5.82 Å². The molecule has 3 unspecified atom stereocenters. The standard InChI is InChI=1S/C17H21N3O3Si/c1-2-6-18-9-14-19-11-4-3-10(17(21)22)8-12(11)20(14)16-15(24-16)13-5-7-23-13/h3-4,8,13,15-16,18H,2,5-7,9H2,1H3,(H,21,22). The molecule has 2 aliphatic heterocycles. The topological polar surface area (TPSA) is 76.4 Å². The molecule has 2 fully saturated rings. The molecule has 0 spiro atoms. The van der Waals surface area contributed by atoms with Gasteiger partial charge >= 0.3 is 5.97 Å². The van der Waals surface area contributed by atoms with E-state index in [0.717, 1.165) is 52.4 Å². The molecule has 2 saturated heterocycles. The molecule has 0 saturated carbocycles. The van der Waals surface area contributed by atoms with Gasteiger partial charge in [-0.2, -0.15) is 0 Å². The molecule has 24 heavy (non-hydrogen) atoms. The first kappa shape index (κ1) is 15.8. The fraction of sp³-hybridized carbons (Fsp3) is 0.529. The molecule has 3 atom stereocenters. The van der Waals surface area contributed by atoms with Crippen LogP contribution in [0.2, 0.25) is 5.54 Å². The van der Waals surface area contributed by atoms with Crippen LogP contribution >= 0.6 is 0 Å². The molecule has 1 aromatic carbocycles. The normalized spacial score (nSPS) is 25.6. The largest absolute Gasteiger partial charge is 0.478 e. The van der Waals surface area contributed by atoms with Crippen LogP contribution < -0.4 is 5.32 Å². The number of fused-ring (bicyclic) bond motifs is 1. The van der Waals surface area contributed by atoms with E-state index in [1.165, 1.54) is 0 Å². The van der Waals surface area contributed by atoms with Gasteiger partial charge in [0.15, 0.2) is 0 Å². The van der Waals surface area contributed by atoms with Gasteiger partial charge in [0.2, 0.25) is 0 Å². The molecule has 0 bridgehead atoms. The number of rotatable bonds is 7. The van der Waals surface area contributed by atoms with Gasteiger partial charge in [0.25, 0.3) is 0 Å². The van der Waals surface area contributed by atoms with E-state index in [1.807, 2.05) is 6.07 Å². The average molecular weight is 343 g/mol. The summed E-state index contributed by atoms with van der Waals surface area (Å²) in [5.74, 6) is 0.104. The fourth-order valence-corrected chi connectivity index (χ4v) is 4.87. The Morgan fingerprint density at radius 1 is 1.54 bits per heavy atom. The first-order valence-electron chi connectivity index (χ1n) is 8.51. The second-order valence-corrected chi connectivity index (χ2v) is 8.01. The number of aromatic nitrogens is 2. The SMILES string of the molecule is CCCNCc1nc2ccc(C(=O)O)cc2n1C1[Si]C1C1CCO1. The summed E-state index contributed by atoms with van der Waals surface area (Å²) >= 11 is 0. The zero-order valence-electron chi connectivity index (χ0n) is 13.7. The van der Waals surface area contributed by atoms with Gasteiger partial charge < -0.3 is 19.7 Å². The molecule has 126 valence electrons. The van der Waals surface area contributed by atoms with Crippen molar-refractivity contribution in [3.05, 3.63) is 29.6 Å². The third kappa shape index (κ3) is 2.76. The number of hydrogen-bond donors (Lipinski definition) is 2. The predicted octanol–water partition coefficient (Wildman–Crippen LogP) is 2.03. The lowest BCUT2D eigenvalue weighted by atomic mass is 10.1. The Morgan fingerprint density at radius 2 is 2.38 bits per heavy atom. The number of nitrogens with one attached hydrogen (secondary N) is 1. The van der Waals surface area contributed by atoms with Crippen molar-refractivity contribution in [2.24, 2.45) is 0 Å². The highest BCUT2D eigenvalue weighted by atomic mass is 28.2. The van der Waals surface area contributed by atoms with Crippen molar-refractivity contribution in [3.8, 4) is 0 Å². The number of nitrogens with zero attached hydrogens (tertiary/aromatic N) is 2. The zero-order chi connectivity index (χ0) is 16.7. The van der Waals surface area contributed by atoms with Crippen LogP contribution in [0.5, 0.6) is 0 Å². The number of carbonyl (C=O) groups is 1. The van der Waals surface area contributed by atoms with E-state index in [-0.39, 0.29) is 0 Å². The third-order valence-electron chi connectivity index (χ3n) is 4.73. The molecule has 6 nitrogen and oxygen atoms in total. The molecular formula is C17H21N3O3Si. The van der Waals surface area contributed by atoms with Crippen LogP contribution in [-0.4, -0.2) is 49.4 Å². The molecule has 2 aliphatic rings. The summed E-state index contributed by atoms with van der Waals surface area (Å²) in [6.45, 7) is 4.67. The quantitative estimate of drug-likeness (QED) is 0.594. The Morgan fingerprint density at radius 3 is 3.04 bits per heavy atom. The maximum atomic E-state index is 11.3. The van der Waals surface area contributed by atoms with Crippen LogP contribution in [0.1, 0.15) is 41.6 Å². The molecule has 7 heteroatoms. The van der Waals surface area contributed by atoms with Crippen LogP contribution in [0.25, 0.3) is 11.0 Å². The summed E-state index contributed by atoms with van der Waals surface area (Å²) in [7, 11) is 0.827. The number of imidazole rings is 1. The van der Waals surface area contributed by atoms with Gasteiger partial charge in [0, 0.05) is 12.3 Å². The number of carboxylic acid groups (broad SMARTS) is 1. The molecular weight excluding hydrogens is 322 g/mol. The van der Waals surface area contributed by atoms with Crippen molar-refractivity contribution in [2.75, 3.05) is 13.2 Å². The molecule has 0 aliphatic carbocycles. The number of ether oxygens (including phenoxy) is 1. The summed E-state index contributed by atoms with van der Waals surface area (Å²) in [5, 5.41) is 12.7. The van der Waals surface area contributed by atoms with Gasteiger partial charge in [-0.05, 0) is 43.1 Å². The van der Waals surface area contributed by atoms with Gasteiger partial charge in [-0.1, -0.05) is 6.92 Å². The number of carboxylic acids is 1. The lowest BCUT2D eigenvalue weighted by Gasteiger charge is -2.27. The van der Waals surface area contributed by atoms with Gasteiger partial charge in [-0.25, -0.2) is 9.78 Å². The van der Waals surface area contributed by atoms with Gasteiger partial charge in [-0.3, -0.25) is 0 Å².